The van der Waals surface area contributed by atoms with Crippen LogP contribution in [-0.4, -0.2) is 50.4 Å². The zero-order valence-electron chi connectivity index (χ0n) is 23.1. The predicted molar refractivity (Wildman–Crippen MR) is 153 cm³/mol. The summed E-state index contributed by atoms with van der Waals surface area (Å²) in [5.74, 6) is -0.263. The van der Waals surface area contributed by atoms with E-state index in [1.807, 2.05) is 52.0 Å². The minimum absolute atomic E-state index is 0.0263. The van der Waals surface area contributed by atoms with Gasteiger partial charge >= 0.3 is 0 Å². The molecule has 0 saturated carbocycles. The topological polar surface area (TPSA) is 96.0 Å². The lowest BCUT2D eigenvalue weighted by Gasteiger charge is -2.32. The van der Waals surface area contributed by atoms with E-state index in [1.165, 1.54) is 17.0 Å². The highest BCUT2D eigenvalue weighted by molar-refractivity contribution is 7.92. The zero-order valence-corrected chi connectivity index (χ0v) is 23.9. The first-order valence-electron chi connectivity index (χ1n) is 13.0. The van der Waals surface area contributed by atoms with Gasteiger partial charge in [-0.3, -0.25) is 13.9 Å². The van der Waals surface area contributed by atoms with Crippen LogP contribution in [0.4, 0.5) is 5.69 Å². The summed E-state index contributed by atoms with van der Waals surface area (Å²) >= 11 is 0. The van der Waals surface area contributed by atoms with E-state index in [0.29, 0.717) is 18.0 Å². The molecule has 39 heavy (non-hydrogen) atoms. The van der Waals surface area contributed by atoms with Crippen LogP contribution in [0.25, 0.3) is 0 Å². The molecule has 9 heteroatoms. The summed E-state index contributed by atoms with van der Waals surface area (Å²) in [6.07, 6.45) is 0. The summed E-state index contributed by atoms with van der Waals surface area (Å²) in [5, 5.41) is 2.86. The number of carbonyl (C=O) groups excluding carboxylic acids is 2. The van der Waals surface area contributed by atoms with Crippen molar-refractivity contribution in [3.63, 3.8) is 0 Å². The van der Waals surface area contributed by atoms with Gasteiger partial charge < -0.3 is 15.0 Å². The van der Waals surface area contributed by atoms with Gasteiger partial charge in [-0.1, -0.05) is 48.0 Å². The molecule has 2 amide bonds. The number of anilines is 1. The Labute approximate surface area is 231 Å². The molecule has 1 unspecified atom stereocenters. The third-order valence-corrected chi connectivity index (χ3v) is 7.87. The van der Waals surface area contributed by atoms with Crippen LogP contribution in [0.2, 0.25) is 0 Å². The largest absolute Gasteiger partial charge is 0.494 e. The molecule has 1 atom stereocenters. The molecule has 0 aliphatic carbocycles. The lowest BCUT2D eigenvalue weighted by molar-refractivity contribution is -0.139. The molecule has 0 radical (unpaired) electrons. The lowest BCUT2D eigenvalue weighted by Crippen LogP contribution is -2.52. The fourth-order valence-corrected chi connectivity index (χ4v) is 5.53. The summed E-state index contributed by atoms with van der Waals surface area (Å²) in [4.78, 5) is 28.3. The van der Waals surface area contributed by atoms with E-state index >= 15 is 0 Å². The number of sulfonamides is 1. The second-order valence-corrected chi connectivity index (χ2v) is 11.5. The first-order chi connectivity index (χ1) is 18.5. The highest BCUT2D eigenvalue weighted by Gasteiger charge is 2.32. The van der Waals surface area contributed by atoms with Crippen molar-refractivity contribution < 1.29 is 22.7 Å². The van der Waals surface area contributed by atoms with Crippen LogP contribution in [0.5, 0.6) is 5.75 Å². The van der Waals surface area contributed by atoms with Crippen LogP contribution < -0.4 is 14.4 Å². The lowest BCUT2D eigenvalue weighted by atomic mass is 10.1. The number of nitrogens with zero attached hydrogens (tertiary/aromatic N) is 2. The van der Waals surface area contributed by atoms with Crippen molar-refractivity contribution in [3.8, 4) is 5.75 Å². The van der Waals surface area contributed by atoms with E-state index < -0.39 is 28.5 Å². The summed E-state index contributed by atoms with van der Waals surface area (Å²) < 4.78 is 34.2. The molecule has 3 rings (SSSR count). The molecule has 8 nitrogen and oxygen atoms in total. The van der Waals surface area contributed by atoms with Gasteiger partial charge in [0.2, 0.25) is 11.8 Å². The molecule has 208 valence electrons. The highest BCUT2D eigenvalue weighted by atomic mass is 32.2. The van der Waals surface area contributed by atoms with Crippen molar-refractivity contribution in [1.82, 2.24) is 10.2 Å². The monoisotopic (exact) mass is 551 g/mol. The number of nitrogens with one attached hydrogen (secondary N) is 1. The van der Waals surface area contributed by atoms with Crippen molar-refractivity contribution in [2.24, 2.45) is 0 Å². The number of hydrogen-bond acceptors (Lipinski definition) is 5. The Morgan fingerprint density at radius 2 is 1.59 bits per heavy atom. The molecule has 3 aromatic rings. The Kier molecular flexibility index (Phi) is 10.1. The van der Waals surface area contributed by atoms with Gasteiger partial charge in [0.05, 0.1) is 17.2 Å². The molecule has 0 heterocycles. The Hall–Kier alpha value is -3.85. The van der Waals surface area contributed by atoms with Crippen molar-refractivity contribution in [2.45, 2.75) is 58.1 Å². The molecule has 0 spiro atoms. The molecule has 0 bridgehead atoms. The minimum atomic E-state index is -4.13. The van der Waals surface area contributed by atoms with Crippen LogP contribution in [0.1, 0.15) is 38.8 Å². The van der Waals surface area contributed by atoms with Gasteiger partial charge in [0.1, 0.15) is 18.3 Å². The van der Waals surface area contributed by atoms with Gasteiger partial charge in [-0.15, -0.1) is 0 Å². The summed E-state index contributed by atoms with van der Waals surface area (Å²) in [6, 6.07) is 21.3. The second kappa shape index (κ2) is 13.3. The van der Waals surface area contributed by atoms with Crippen molar-refractivity contribution in [1.29, 1.82) is 0 Å². The third-order valence-electron chi connectivity index (χ3n) is 6.08. The van der Waals surface area contributed by atoms with E-state index in [-0.39, 0.29) is 23.4 Å². The number of hydrogen-bond donors (Lipinski definition) is 1. The smallest absolute Gasteiger partial charge is 0.264 e. The maximum absolute atomic E-state index is 13.9. The maximum Gasteiger partial charge on any atom is 0.264 e. The quantitative estimate of drug-likeness (QED) is 0.357. The summed E-state index contributed by atoms with van der Waals surface area (Å²) in [6.45, 7) is 9.26. The number of para-hydroxylation sites is 1. The number of benzene rings is 3. The number of carbonyl (C=O) groups is 2. The highest BCUT2D eigenvalue weighted by Crippen LogP contribution is 2.26. The van der Waals surface area contributed by atoms with Crippen molar-refractivity contribution >= 4 is 27.5 Å². The molecule has 0 aliphatic heterocycles. The van der Waals surface area contributed by atoms with Crippen LogP contribution in [0.3, 0.4) is 0 Å². The van der Waals surface area contributed by atoms with Crippen molar-refractivity contribution in [3.05, 3.63) is 90.0 Å². The average molecular weight is 552 g/mol. The van der Waals surface area contributed by atoms with Crippen LogP contribution in [0, 0.1) is 6.92 Å². The Balaban J connectivity index is 1.99. The molecule has 1 N–H and O–H groups in total. The van der Waals surface area contributed by atoms with Gasteiger partial charge in [-0.2, -0.15) is 0 Å². The normalized spacial score (nSPS) is 12.1. The van der Waals surface area contributed by atoms with Gasteiger partial charge in [0.15, 0.2) is 0 Å². The zero-order chi connectivity index (χ0) is 28.6. The first-order valence-corrected chi connectivity index (χ1v) is 14.4. The first kappa shape index (κ1) is 29.7. The minimum Gasteiger partial charge on any atom is -0.494 e. The predicted octanol–water partition coefficient (Wildman–Crippen LogP) is 4.53. The fraction of sp³-hybridized carbons (Fsp3) is 0.333. The number of amides is 2. The van der Waals surface area contributed by atoms with Gasteiger partial charge in [-0.05, 0) is 76.6 Å². The molecule has 0 aromatic heterocycles. The summed E-state index contributed by atoms with van der Waals surface area (Å²) in [5.41, 5.74) is 2.20. The van der Waals surface area contributed by atoms with E-state index in [9.17, 15) is 18.0 Å². The molecule has 3 aromatic carbocycles. The Morgan fingerprint density at radius 1 is 0.923 bits per heavy atom. The average Bonchev–Trinajstić information content (AvgIpc) is 2.90. The maximum atomic E-state index is 13.9. The van der Waals surface area contributed by atoms with E-state index in [4.69, 9.17) is 4.74 Å². The molecule has 0 fully saturated rings. The van der Waals surface area contributed by atoms with E-state index in [1.54, 1.807) is 49.4 Å². The van der Waals surface area contributed by atoms with Gasteiger partial charge in [0.25, 0.3) is 10.0 Å². The van der Waals surface area contributed by atoms with Gasteiger partial charge in [0, 0.05) is 12.6 Å². The van der Waals surface area contributed by atoms with Crippen molar-refractivity contribution in [2.75, 3.05) is 17.5 Å². The SMILES string of the molecule is CCOc1ccc(S(=O)(=O)N(CC(=O)N(Cc2cccc(C)c2)C(C)C(=O)NC(C)C)c2ccccc2)cc1. The molecular formula is C30H37N3O5S. The van der Waals surface area contributed by atoms with Crippen LogP contribution in [-0.2, 0) is 26.2 Å². The standard InChI is InChI=1S/C30H37N3O5S/c1-6-38-27-15-17-28(18-16-27)39(36,37)33(26-13-8-7-9-14-26)21-29(34)32(24(5)30(35)31-22(2)3)20-25-12-10-11-23(4)19-25/h7-19,22,24H,6,20-21H2,1-5H3,(H,31,35). The van der Waals surface area contributed by atoms with E-state index in [0.717, 1.165) is 15.4 Å². The Bertz CT molecular complexity index is 1360. The Morgan fingerprint density at radius 3 is 2.18 bits per heavy atom. The molecular weight excluding hydrogens is 514 g/mol. The molecule has 0 aliphatic rings. The number of aryl methyl sites for hydroxylation is 1. The summed E-state index contributed by atoms with van der Waals surface area (Å²) in [7, 11) is -4.13. The second-order valence-electron chi connectivity index (χ2n) is 9.60. The fourth-order valence-electron chi connectivity index (χ4n) is 4.12. The van der Waals surface area contributed by atoms with Crippen LogP contribution >= 0.6 is 0 Å². The number of rotatable bonds is 12. The van der Waals surface area contributed by atoms with E-state index in [2.05, 4.69) is 5.32 Å². The molecule has 0 saturated heterocycles. The number of ether oxygens (including phenoxy) is 1. The van der Waals surface area contributed by atoms with Gasteiger partial charge in [-0.25, -0.2) is 8.42 Å². The third kappa shape index (κ3) is 7.83. The van der Waals surface area contributed by atoms with Crippen LogP contribution in [0.15, 0.2) is 83.8 Å².